The number of rotatable bonds is 3. The van der Waals surface area contributed by atoms with E-state index in [4.69, 9.17) is 0 Å². The molecule has 1 aromatic carbocycles. The molecule has 0 unspecified atom stereocenters. The zero-order valence-electron chi connectivity index (χ0n) is 13.9. The van der Waals surface area contributed by atoms with Crippen molar-refractivity contribution in [2.75, 3.05) is 18.4 Å². The first-order valence-electron chi connectivity index (χ1n) is 8.53. The molecule has 0 bridgehead atoms. The molecule has 3 heterocycles. The number of benzene rings is 1. The molecule has 3 aromatic rings. The molecule has 0 saturated carbocycles. The lowest BCUT2D eigenvalue weighted by atomic mass is 10.1. The summed E-state index contributed by atoms with van der Waals surface area (Å²) in [5, 5.41) is 4.31. The highest BCUT2D eigenvalue weighted by Crippen LogP contribution is 2.24. The summed E-state index contributed by atoms with van der Waals surface area (Å²) in [6, 6.07) is 11.6. The van der Waals surface area contributed by atoms with Crippen LogP contribution in [0.15, 0.2) is 48.9 Å². The monoisotopic (exact) mass is 333 g/mol. The highest BCUT2D eigenvalue weighted by molar-refractivity contribution is 5.94. The third kappa shape index (κ3) is 3.28. The van der Waals surface area contributed by atoms with Gasteiger partial charge in [-0.2, -0.15) is 0 Å². The average Bonchev–Trinajstić information content (AvgIpc) is 2.69. The zero-order chi connectivity index (χ0) is 17.1. The first-order chi connectivity index (χ1) is 12.3. The Morgan fingerprint density at radius 1 is 1.00 bits per heavy atom. The average molecular weight is 333 g/mol. The van der Waals surface area contributed by atoms with Gasteiger partial charge in [0, 0.05) is 30.7 Å². The van der Waals surface area contributed by atoms with Gasteiger partial charge in [0.1, 0.15) is 17.8 Å². The van der Waals surface area contributed by atoms with Crippen molar-refractivity contribution < 1.29 is 4.79 Å². The van der Waals surface area contributed by atoms with Crippen molar-refractivity contribution in [1.82, 2.24) is 19.9 Å². The predicted octanol–water partition coefficient (Wildman–Crippen LogP) is 3.39. The Labute approximate surface area is 145 Å². The number of aromatic nitrogens is 3. The standard InChI is InChI=1S/C19H19N5O/c25-19(24-10-2-1-3-11-24)16-12-17(22-13-21-16)23-15-8-4-6-14-7-5-9-20-18(14)15/h4-9,12-13H,1-3,10-11H2,(H,21,22,23). The van der Waals surface area contributed by atoms with Gasteiger partial charge in [0.05, 0.1) is 11.2 Å². The zero-order valence-corrected chi connectivity index (χ0v) is 13.9. The number of pyridine rings is 1. The number of carbonyl (C=O) groups is 1. The molecule has 0 spiro atoms. The van der Waals surface area contributed by atoms with Crippen molar-refractivity contribution in [2.24, 2.45) is 0 Å². The molecule has 4 rings (SSSR count). The quantitative estimate of drug-likeness (QED) is 0.795. The molecule has 126 valence electrons. The van der Waals surface area contributed by atoms with Crippen LogP contribution in [-0.4, -0.2) is 38.8 Å². The normalized spacial score (nSPS) is 14.5. The number of likely N-dealkylation sites (tertiary alicyclic amines) is 1. The number of hydrogen-bond donors (Lipinski definition) is 1. The number of piperidine rings is 1. The minimum Gasteiger partial charge on any atom is -0.338 e. The van der Waals surface area contributed by atoms with Crippen LogP contribution in [0.25, 0.3) is 10.9 Å². The number of carbonyl (C=O) groups excluding carboxylic acids is 1. The molecule has 25 heavy (non-hydrogen) atoms. The van der Waals surface area contributed by atoms with E-state index in [1.807, 2.05) is 35.2 Å². The van der Waals surface area contributed by atoms with E-state index in [0.29, 0.717) is 11.5 Å². The molecule has 6 nitrogen and oxygen atoms in total. The fraction of sp³-hybridized carbons (Fsp3) is 0.263. The Morgan fingerprint density at radius 2 is 1.84 bits per heavy atom. The van der Waals surface area contributed by atoms with E-state index in [2.05, 4.69) is 20.3 Å². The fourth-order valence-corrected chi connectivity index (χ4v) is 3.14. The summed E-state index contributed by atoms with van der Waals surface area (Å²) in [4.78, 5) is 27.3. The van der Waals surface area contributed by atoms with Crippen LogP contribution >= 0.6 is 0 Å². The Hall–Kier alpha value is -3.02. The molecule has 0 atom stereocenters. The lowest BCUT2D eigenvalue weighted by Crippen LogP contribution is -2.36. The van der Waals surface area contributed by atoms with Crippen LogP contribution < -0.4 is 5.32 Å². The third-order valence-electron chi connectivity index (χ3n) is 4.42. The second-order valence-corrected chi connectivity index (χ2v) is 6.15. The smallest absolute Gasteiger partial charge is 0.272 e. The highest BCUT2D eigenvalue weighted by atomic mass is 16.2. The molecule has 1 amide bonds. The van der Waals surface area contributed by atoms with E-state index < -0.39 is 0 Å². The molecule has 1 aliphatic heterocycles. The number of para-hydroxylation sites is 1. The van der Waals surface area contributed by atoms with E-state index in [1.54, 1.807) is 12.3 Å². The first kappa shape index (κ1) is 15.5. The fourth-order valence-electron chi connectivity index (χ4n) is 3.14. The maximum atomic E-state index is 12.6. The Morgan fingerprint density at radius 3 is 2.72 bits per heavy atom. The van der Waals surface area contributed by atoms with Crippen molar-refractivity contribution in [3.05, 3.63) is 54.6 Å². The number of nitrogens with one attached hydrogen (secondary N) is 1. The summed E-state index contributed by atoms with van der Waals surface area (Å²) in [6.07, 6.45) is 6.50. The van der Waals surface area contributed by atoms with Gasteiger partial charge in [-0.25, -0.2) is 9.97 Å². The van der Waals surface area contributed by atoms with Crippen LogP contribution in [0.2, 0.25) is 0 Å². The van der Waals surface area contributed by atoms with Gasteiger partial charge in [-0.05, 0) is 31.4 Å². The van der Waals surface area contributed by atoms with E-state index >= 15 is 0 Å². The minimum absolute atomic E-state index is 0.0267. The number of nitrogens with zero attached hydrogens (tertiary/aromatic N) is 4. The van der Waals surface area contributed by atoms with Gasteiger partial charge in [0.25, 0.3) is 5.91 Å². The molecular weight excluding hydrogens is 314 g/mol. The number of hydrogen-bond acceptors (Lipinski definition) is 5. The van der Waals surface area contributed by atoms with E-state index in [0.717, 1.165) is 42.5 Å². The number of anilines is 2. The molecule has 1 N–H and O–H groups in total. The number of amides is 1. The van der Waals surface area contributed by atoms with E-state index in [1.165, 1.54) is 12.7 Å². The van der Waals surface area contributed by atoms with Gasteiger partial charge < -0.3 is 10.2 Å². The van der Waals surface area contributed by atoms with Gasteiger partial charge >= 0.3 is 0 Å². The van der Waals surface area contributed by atoms with Gasteiger partial charge in [-0.3, -0.25) is 9.78 Å². The van der Waals surface area contributed by atoms with Crippen LogP contribution in [-0.2, 0) is 0 Å². The summed E-state index contributed by atoms with van der Waals surface area (Å²) in [6.45, 7) is 1.61. The summed E-state index contributed by atoms with van der Waals surface area (Å²) in [7, 11) is 0. The summed E-state index contributed by atoms with van der Waals surface area (Å²) in [5.74, 6) is 0.565. The van der Waals surface area contributed by atoms with Crippen molar-refractivity contribution in [3.8, 4) is 0 Å². The lowest BCUT2D eigenvalue weighted by Gasteiger charge is -2.26. The lowest BCUT2D eigenvalue weighted by molar-refractivity contribution is 0.0718. The second kappa shape index (κ2) is 6.84. The molecule has 6 heteroatoms. The highest BCUT2D eigenvalue weighted by Gasteiger charge is 2.19. The molecule has 0 aliphatic carbocycles. The maximum absolute atomic E-state index is 12.6. The topological polar surface area (TPSA) is 71.0 Å². The number of fused-ring (bicyclic) bond motifs is 1. The van der Waals surface area contributed by atoms with Crippen LogP contribution in [0, 0.1) is 0 Å². The molecule has 1 aliphatic rings. The van der Waals surface area contributed by atoms with Gasteiger partial charge in [-0.1, -0.05) is 18.2 Å². The van der Waals surface area contributed by atoms with Crippen LogP contribution in [0.5, 0.6) is 0 Å². The minimum atomic E-state index is -0.0267. The summed E-state index contributed by atoms with van der Waals surface area (Å²) in [5.41, 5.74) is 2.15. The van der Waals surface area contributed by atoms with Gasteiger partial charge in [-0.15, -0.1) is 0 Å². The van der Waals surface area contributed by atoms with Crippen molar-refractivity contribution in [1.29, 1.82) is 0 Å². The Balaban J connectivity index is 1.60. The predicted molar refractivity (Wildman–Crippen MR) is 96.8 cm³/mol. The van der Waals surface area contributed by atoms with Crippen LogP contribution in [0.1, 0.15) is 29.8 Å². The van der Waals surface area contributed by atoms with E-state index in [9.17, 15) is 4.79 Å². The van der Waals surface area contributed by atoms with Gasteiger partial charge in [0.15, 0.2) is 0 Å². The van der Waals surface area contributed by atoms with Crippen LogP contribution in [0.4, 0.5) is 11.5 Å². The maximum Gasteiger partial charge on any atom is 0.272 e. The first-order valence-corrected chi connectivity index (χ1v) is 8.53. The van der Waals surface area contributed by atoms with Gasteiger partial charge in [0.2, 0.25) is 0 Å². The molecule has 1 saturated heterocycles. The molecular formula is C19H19N5O. The molecule has 0 radical (unpaired) electrons. The van der Waals surface area contributed by atoms with E-state index in [-0.39, 0.29) is 5.91 Å². The molecule has 2 aromatic heterocycles. The third-order valence-corrected chi connectivity index (χ3v) is 4.42. The van der Waals surface area contributed by atoms with Crippen molar-refractivity contribution >= 4 is 28.3 Å². The summed E-state index contributed by atoms with van der Waals surface area (Å²) < 4.78 is 0. The van der Waals surface area contributed by atoms with Crippen molar-refractivity contribution in [2.45, 2.75) is 19.3 Å². The largest absolute Gasteiger partial charge is 0.338 e. The summed E-state index contributed by atoms with van der Waals surface area (Å²) >= 11 is 0. The SMILES string of the molecule is O=C(c1cc(Nc2cccc3cccnc23)ncn1)N1CCCCC1. The molecule has 1 fully saturated rings. The Kier molecular flexibility index (Phi) is 4.24. The van der Waals surface area contributed by atoms with Crippen molar-refractivity contribution in [3.63, 3.8) is 0 Å². The second-order valence-electron chi connectivity index (χ2n) is 6.15. The van der Waals surface area contributed by atoms with Crippen LogP contribution in [0.3, 0.4) is 0 Å². The Bertz CT molecular complexity index is 900.